The summed E-state index contributed by atoms with van der Waals surface area (Å²) in [5, 5.41) is 13.8. The summed E-state index contributed by atoms with van der Waals surface area (Å²) in [6.45, 7) is 2.18. The zero-order chi connectivity index (χ0) is 14.8. The van der Waals surface area contributed by atoms with Crippen LogP contribution < -0.4 is 0 Å². The minimum atomic E-state index is -0.918. The number of carboxylic acids is 1. The Morgan fingerprint density at radius 3 is 2.81 bits per heavy atom. The topological polar surface area (TPSA) is 55.1 Å². The summed E-state index contributed by atoms with van der Waals surface area (Å²) in [5.74, 6) is -0.327. The number of aromatic carboxylic acids is 1. The third-order valence-corrected chi connectivity index (χ3v) is 4.27. The molecule has 0 bridgehead atoms. The lowest BCUT2D eigenvalue weighted by molar-refractivity contribution is 0.0688. The molecule has 1 atom stereocenters. The van der Waals surface area contributed by atoms with Crippen LogP contribution in [0.3, 0.4) is 0 Å². The molecule has 1 aromatic carbocycles. The maximum Gasteiger partial charge on any atom is 0.356 e. The van der Waals surface area contributed by atoms with Crippen LogP contribution in [0.2, 0.25) is 0 Å². The third kappa shape index (κ3) is 2.58. The van der Waals surface area contributed by atoms with Crippen molar-refractivity contribution >= 4 is 5.97 Å². The van der Waals surface area contributed by atoms with Crippen LogP contribution in [0, 0.1) is 5.92 Å². The number of carboxylic acid groups (broad SMARTS) is 1. The highest BCUT2D eigenvalue weighted by atomic mass is 16.4. The average Bonchev–Trinajstić information content (AvgIpc) is 2.87. The van der Waals surface area contributed by atoms with Gasteiger partial charge in [0, 0.05) is 11.3 Å². The molecule has 4 heteroatoms. The number of carbonyl (C=O) groups is 1. The molecule has 2 aromatic rings. The van der Waals surface area contributed by atoms with Crippen LogP contribution >= 0.6 is 0 Å². The first-order valence-electron chi connectivity index (χ1n) is 7.60. The van der Waals surface area contributed by atoms with Crippen LogP contribution in [0.25, 0.3) is 5.69 Å². The van der Waals surface area contributed by atoms with Crippen molar-refractivity contribution in [3.63, 3.8) is 0 Å². The van der Waals surface area contributed by atoms with Gasteiger partial charge in [0.15, 0.2) is 5.69 Å². The highest BCUT2D eigenvalue weighted by Crippen LogP contribution is 2.32. The molecular formula is C17H20N2O2. The molecule has 0 amide bonds. The average molecular weight is 284 g/mol. The molecule has 0 saturated heterocycles. The lowest BCUT2D eigenvalue weighted by Gasteiger charge is -2.22. The Morgan fingerprint density at radius 1 is 1.38 bits per heavy atom. The molecule has 0 saturated carbocycles. The van der Waals surface area contributed by atoms with Crippen molar-refractivity contribution in [1.29, 1.82) is 0 Å². The Labute approximate surface area is 124 Å². The second-order valence-corrected chi connectivity index (χ2v) is 5.72. The molecule has 0 spiro atoms. The van der Waals surface area contributed by atoms with Gasteiger partial charge >= 0.3 is 5.97 Å². The highest BCUT2D eigenvalue weighted by molar-refractivity contribution is 5.87. The maximum atomic E-state index is 11.5. The summed E-state index contributed by atoms with van der Waals surface area (Å²) in [4.78, 5) is 11.5. The van der Waals surface area contributed by atoms with E-state index in [9.17, 15) is 9.90 Å². The molecule has 1 aromatic heterocycles. The molecule has 1 heterocycles. The smallest absolute Gasteiger partial charge is 0.356 e. The van der Waals surface area contributed by atoms with E-state index in [2.05, 4.69) is 12.0 Å². The molecule has 21 heavy (non-hydrogen) atoms. The molecule has 4 nitrogen and oxygen atoms in total. The predicted octanol–water partition coefficient (Wildman–Crippen LogP) is 3.48. The summed E-state index contributed by atoms with van der Waals surface area (Å²) < 4.78 is 1.82. The first-order valence-corrected chi connectivity index (χ1v) is 7.60. The lowest BCUT2D eigenvalue weighted by Crippen LogP contribution is -2.17. The fraction of sp³-hybridized carbons (Fsp3) is 0.412. The number of aromatic nitrogens is 2. The van der Waals surface area contributed by atoms with E-state index in [0.717, 1.165) is 49.0 Å². The van der Waals surface area contributed by atoms with Crippen molar-refractivity contribution in [1.82, 2.24) is 9.78 Å². The van der Waals surface area contributed by atoms with Crippen molar-refractivity contribution < 1.29 is 9.90 Å². The monoisotopic (exact) mass is 284 g/mol. The number of hydrogen-bond acceptors (Lipinski definition) is 2. The van der Waals surface area contributed by atoms with Gasteiger partial charge in [-0.1, -0.05) is 38.0 Å². The van der Waals surface area contributed by atoms with Gasteiger partial charge in [-0.05, 0) is 37.3 Å². The molecule has 110 valence electrons. The van der Waals surface area contributed by atoms with Crippen LogP contribution in [0.4, 0.5) is 0 Å². The van der Waals surface area contributed by atoms with Gasteiger partial charge in [0.25, 0.3) is 0 Å². The Balaban J connectivity index is 2.05. The molecule has 1 unspecified atom stereocenters. The predicted molar refractivity (Wildman–Crippen MR) is 80.9 cm³/mol. The number of para-hydroxylation sites is 1. The number of benzene rings is 1. The SMILES string of the molecule is CCCC1CCc2c(c(C(=O)O)nn2-c2ccccc2)C1. The molecule has 1 aliphatic carbocycles. The Bertz CT molecular complexity index is 646. The Kier molecular flexibility index (Phi) is 3.78. The van der Waals surface area contributed by atoms with E-state index in [1.54, 1.807) is 0 Å². The second kappa shape index (κ2) is 5.72. The lowest BCUT2D eigenvalue weighted by atomic mass is 9.83. The van der Waals surface area contributed by atoms with E-state index in [0.29, 0.717) is 5.92 Å². The maximum absolute atomic E-state index is 11.5. The van der Waals surface area contributed by atoms with Crippen LogP contribution in [0.1, 0.15) is 47.9 Å². The Morgan fingerprint density at radius 2 is 2.14 bits per heavy atom. The van der Waals surface area contributed by atoms with E-state index < -0.39 is 5.97 Å². The first kappa shape index (κ1) is 13.9. The van der Waals surface area contributed by atoms with E-state index in [1.165, 1.54) is 0 Å². The van der Waals surface area contributed by atoms with E-state index >= 15 is 0 Å². The fourth-order valence-corrected chi connectivity index (χ4v) is 3.30. The second-order valence-electron chi connectivity index (χ2n) is 5.72. The van der Waals surface area contributed by atoms with Crippen LogP contribution in [0.15, 0.2) is 30.3 Å². The van der Waals surface area contributed by atoms with Gasteiger partial charge < -0.3 is 5.11 Å². The number of rotatable bonds is 4. The zero-order valence-electron chi connectivity index (χ0n) is 12.2. The number of hydrogen-bond donors (Lipinski definition) is 1. The van der Waals surface area contributed by atoms with Gasteiger partial charge in [0.2, 0.25) is 0 Å². The van der Waals surface area contributed by atoms with Gasteiger partial charge in [-0.3, -0.25) is 0 Å². The molecule has 0 aliphatic heterocycles. The molecular weight excluding hydrogens is 264 g/mol. The van der Waals surface area contributed by atoms with Crippen LogP contribution in [-0.2, 0) is 12.8 Å². The van der Waals surface area contributed by atoms with Gasteiger partial charge in [-0.15, -0.1) is 0 Å². The minimum Gasteiger partial charge on any atom is -0.476 e. The molecule has 3 rings (SSSR count). The van der Waals surface area contributed by atoms with Crippen molar-refractivity contribution in [3.8, 4) is 5.69 Å². The Hall–Kier alpha value is -2.10. The van der Waals surface area contributed by atoms with Crippen molar-refractivity contribution in [2.75, 3.05) is 0 Å². The quantitative estimate of drug-likeness (QED) is 0.935. The summed E-state index contributed by atoms with van der Waals surface area (Å²) >= 11 is 0. The van der Waals surface area contributed by atoms with Gasteiger partial charge in [-0.25, -0.2) is 9.48 Å². The largest absolute Gasteiger partial charge is 0.476 e. The van der Waals surface area contributed by atoms with E-state index in [4.69, 9.17) is 0 Å². The van der Waals surface area contributed by atoms with E-state index in [-0.39, 0.29) is 5.69 Å². The van der Waals surface area contributed by atoms with Crippen molar-refractivity contribution in [3.05, 3.63) is 47.3 Å². The molecule has 1 aliphatic rings. The van der Waals surface area contributed by atoms with Gasteiger partial charge in [0.1, 0.15) is 0 Å². The summed E-state index contributed by atoms with van der Waals surface area (Å²) in [6, 6.07) is 9.79. The molecule has 0 fully saturated rings. The van der Waals surface area contributed by atoms with Crippen LogP contribution in [-0.4, -0.2) is 20.9 Å². The standard InChI is InChI=1S/C17H20N2O2/c1-2-6-12-9-10-15-14(11-12)16(17(20)21)18-19(15)13-7-4-3-5-8-13/h3-5,7-8,12H,2,6,9-11H2,1H3,(H,20,21). The first-order chi connectivity index (χ1) is 10.2. The normalized spacial score (nSPS) is 17.5. The fourth-order valence-electron chi connectivity index (χ4n) is 3.30. The zero-order valence-corrected chi connectivity index (χ0v) is 12.2. The summed E-state index contributed by atoms with van der Waals surface area (Å²) in [6.07, 6.45) is 5.19. The summed E-state index contributed by atoms with van der Waals surface area (Å²) in [5.41, 5.74) is 3.19. The van der Waals surface area contributed by atoms with Gasteiger partial charge in [0.05, 0.1) is 5.69 Å². The van der Waals surface area contributed by atoms with Gasteiger partial charge in [-0.2, -0.15) is 5.10 Å². The minimum absolute atomic E-state index is 0.231. The number of nitrogens with zero attached hydrogens (tertiary/aromatic N) is 2. The molecule has 1 N–H and O–H groups in total. The van der Waals surface area contributed by atoms with Crippen LogP contribution in [0.5, 0.6) is 0 Å². The van der Waals surface area contributed by atoms with Crippen molar-refractivity contribution in [2.45, 2.75) is 39.0 Å². The third-order valence-electron chi connectivity index (χ3n) is 4.27. The highest BCUT2D eigenvalue weighted by Gasteiger charge is 2.29. The van der Waals surface area contributed by atoms with E-state index in [1.807, 2.05) is 35.0 Å². The molecule has 0 radical (unpaired) electrons. The summed E-state index contributed by atoms with van der Waals surface area (Å²) in [7, 11) is 0. The number of fused-ring (bicyclic) bond motifs is 1. The van der Waals surface area contributed by atoms with Crippen molar-refractivity contribution in [2.24, 2.45) is 5.92 Å².